The zero-order valence-electron chi connectivity index (χ0n) is 6.88. The zero-order valence-corrected chi connectivity index (χ0v) is 6.88. The summed E-state index contributed by atoms with van der Waals surface area (Å²) in [5.41, 5.74) is 0. The first kappa shape index (κ1) is 12.1. The number of amides is 1. The highest BCUT2D eigenvalue weighted by molar-refractivity contribution is 5.84. The van der Waals surface area contributed by atoms with Gasteiger partial charge in [-0.1, -0.05) is 0 Å². The molecular weight excluding hydrogens is 197 g/mol. The zero-order chi connectivity index (χ0) is 10.9. The van der Waals surface area contributed by atoms with Crippen LogP contribution in [0.3, 0.4) is 0 Å². The highest BCUT2D eigenvalue weighted by Gasteiger charge is 2.63. The van der Waals surface area contributed by atoms with Gasteiger partial charge in [-0.15, -0.1) is 0 Å². The summed E-state index contributed by atoms with van der Waals surface area (Å²) in [5, 5.41) is 1.48. The van der Waals surface area contributed by atoms with Crippen LogP contribution < -0.4 is 5.32 Å². The molecule has 0 unspecified atom stereocenters. The molecule has 1 amide bonds. The van der Waals surface area contributed by atoms with E-state index in [0.717, 1.165) is 0 Å². The molecule has 0 rings (SSSR count). The van der Waals surface area contributed by atoms with Crippen molar-refractivity contribution in [2.24, 2.45) is 0 Å². The second-order valence-electron chi connectivity index (χ2n) is 2.70. The largest absolute Gasteiger partial charge is 0.463 e. The van der Waals surface area contributed by atoms with Crippen LogP contribution in [0, 0.1) is 0 Å². The smallest absolute Gasteiger partial charge is 0.348 e. The Morgan fingerprint density at radius 3 is 1.77 bits per heavy atom. The number of hydrogen-bond acceptors (Lipinski definition) is 1. The molecule has 0 aromatic heterocycles. The highest BCUT2D eigenvalue weighted by Crippen LogP contribution is 2.35. The van der Waals surface area contributed by atoms with Gasteiger partial charge in [-0.25, -0.2) is 0 Å². The van der Waals surface area contributed by atoms with Gasteiger partial charge in [0.2, 0.25) is 0 Å². The normalized spacial score (nSPS) is 13.2. The van der Waals surface area contributed by atoms with Gasteiger partial charge in [-0.2, -0.15) is 22.0 Å². The number of hydrogen-bond donors (Lipinski definition) is 1. The van der Waals surface area contributed by atoms with Crippen LogP contribution >= 0.6 is 0 Å². The molecule has 7 heteroatoms. The molecule has 0 fully saturated rings. The van der Waals surface area contributed by atoms with Crippen LogP contribution in [0.5, 0.6) is 0 Å². The molecule has 0 bridgehead atoms. The van der Waals surface area contributed by atoms with Crippen LogP contribution in [-0.2, 0) is 4.79 Å². The highest BCUT2D eigenvalue weighted by atomic mass is 19.4. The third-order valence-corrected chi connectivity index (χ3v) is 1.06. The van der Waals surface area contributed by atoms with Gasteiger partial charge in [-0.3, -0.25) is 4.79 Å². The molecule has 0 aliphatic carbocycles. The minimum absolute atomic E-state index is 0.763. The summed E-state index contributed by atoms with van der Waals surface area (Å²) in [4.78, 5) is 10.3. The Morgan fingerprint density at radius 1 is 1.15 bits per heavy atom. The lowest BCUT2D eigenvalue weighted by Crippen LogP contribution is -2.52. The molecule has 2 nitrogen and oxygen atoms in total. The molecule has 0 atom stereocenters. The van der Waals surface area contributed by atoms with Crippen LogP contribution in [0.4, 0.5) is 22.0 Å². The van der Waals surface area contributed by atoms with E-state index in [2.05, 4.69) is 0 Å². The SMILES string of the molecule is CC(C)NC(=O)C(F)(F)C(F)(F)F. The summed E-state index contributed by atoms with van der Waals surface area (Å²) < 4.78 is 58.9. The van der Waals surface area contributed by atoms with Crippen LogP contribution in [-0.4, -0.2) is 24.0 Å². The third-order valence-electron chi connectivity index (χ3n) is 1.06. The summed E-state index contributed by atoms with van der Waals surface area (Å²) in [6.45, 7) is 2.56. The Hall–Kier alpha value is -0.880. The van der Waals surface area contributed by atoms with E-state index in [1.807, 2.05) is 0 Å². The van der Waals surface area contributed by atoms with E-state index in [-0.39, 0.29) is 0 Å². The minimum Gasteiger partial charge on any atom is -0.348 e. The van der Waals surface area contributed by atoms with Crippen molar-refractivity contribution in [3.63, 3.8) is 0 Å². The van der Waals surface area contributed by atoms with Gasteiger partial charge in [-0.05, 0) is 13.8 Å². The molecule has 0 saturated carbocycles. The number of alkyl halides is 5. The fourth-order valence-corrected chi connectivity index (χ4v) is 0.482. The molecule has 1 N–H and O–H groups in total. The average molecular weight is 205 g/mol. The molecule has 0 heterocycles. The predicted octanol–water partition coefficient (Wildman–Crippen LogP) is 1.71. The molecule has 13 heavy (non-hydrogen) atoms. The molecule has 0 aromatic carbocycles. The Kier molecular flexibility index (Phi) is 3.23. The number of carbonyl (C=O) groups is 1. The minimum atomic E-state index is -5.84. The van der Waals surface area contributed by atoms with E-state index in [4.69, 9.17) is 0 Å². The van der Waals surface area contributed by atoms with Crippen LogP contribution in [0.1, 0.15) is 13.8 Å². The van der Waals surface area contributed by atoms with Crippen molar-refractivity contribution in [1.82, 2.24) is 5.32 Å². The van der Waals surface area contributed by atoms with Gasteiger partial charge in [0.15, 0.2) is 0 Å². The monoisotopic (exact) mass is 205 g/mol. The van der Waals surface area contributed by atoms with E-state index < -0.39 is 24.0 Å². The van der Waals surface area contributed by atoms with Gasteiger partial charge < -0.3 is 5.32 Å². The van der Waals surface area contributed by atoms with Crippen molar-refractivity contribution < 1.29 is 26.7 Å². The lowest BCUT2D eigenvalue weighted by atomic mass is 10.3. The fraction of sp³-hybridized carbons (Fsp3) is 0.833. The molecule has 0 aromatic rings. The maximum Gasteiger partial charge on any atom is 0.463 e. The van der Waals surface area contributed by atoms with Gasteiger partial charge in [0.25, 0.3) is 0 Å². The summed E-state index contributed by atoms with van der Waals surface area (Å²) in [6, 6.07) is -0.763. The predicted molar refractivity (Wildman–Crippen MR) is 34.3 cm³/mol. The summed E-state index contributed by atoms with van der Waals surface area (Å²) in [7, 11) is 0. The van der Waals surface area contributed by atoms with Crippen LogP contribution in [0.25, 0.3) is 0 Å². The van der Waals surface area contributed by atoms with Crippen LogP contribution in [0.2, 0.25) is 0 Å². The first-order valence-corrected chi connectivity index (χ1v) is 3.34. The third kappa shape index (κ3) is 2.82. The molecule has 0 aliphatic rings. The number of halogens is 5. The maximum atomic E-state index is 12.1. The van der Waals surface area contributed by atoms with Crippen molar-refractivity contribution in [3.05, 3.63) is 0 Å². The van der Waals surface area contributed by atoms with Crippen molar-refractivity contribution in [3.8, 4) is 0 Å². The van der Waals surface area contributed by atoms with Gasteiger partial charge in [0, 0.05) is 6.04 Å². The molecular formula is C6H8F5NO. The quantitative estimate of drug-likeness (QED) is 0.683. The van der Waals surface area contributed by atoms with Crippen molar-refractivity contribution in [2.45, 2.75) is 32.0 Å². The second-order valence-corrected chi connectivity index (χ2v) is 2.70. The second kappa shape index (κ2) is 3.47. The molecule has 78 valence electrons. The van der Waals surface area contributed by atoms with Gasteiger partial charge in [0.05, 0.1) is 0 Å². The van der Waals surface area contributed by atoms with Gasteiger partial charge in [0.1, 0.15) is 0 Å². The Balaban J connectivity index is 4.56. The van der Waals surface area contributed by atoms with E-state index in [1.165, 1.54) is 19.2 Å². The average Bonchev–Trinajstić information content (AvgIpc) is 1.82. The van der Waals surface area contributed by atoms with E-state index in [1.54, 1.807) is 0 Å². The number of nitrogens with one attached hydrogen (secondary N) is 1. The molecule has 0 saturated heterocycles. The standard InChI is InChI=1S/C6H8F5NO/c1-3(2)12-4(13)5(7,8)6(9,10)11/h3H,1-2H3,(H,12,13). The summed E-state index contributed by atoms with van der Waals surface area (Å²) in [6.07, 6.45) is -5.84. The topological polar surface area (TPSA) is 29.1 Å². The van der Waals surface area contributed by atoms with E-state index >= 15 is 0 Å². The Labute approximate surface area is 71.1 Å². The van der Waals surface area contributed by atoms with Crippen molar-refractivity contribution in [2.75, 3.05) is 0 Å². The molecule has 0 aliphatic heterocycles. The van der Waals surface area contributed by atoms with E-state index in [9.17, 15) is 26.7 Å². The number of carbonyl (C=O) groups excluding carboxylic acids is 1. The summed E-state index contributed by atoms with van der Waals surface area (Å²) in [5.74, 6) is -7.65. The summed E-state index contributed by atoms with van der Waals surface area (Å²) >= 11 is 0. The fourth-order valence-electron chi connectivity index (χ4n) is 0.482. The first-order chi connectivity index (χ1) is 5.59. The number of rotatable bonds is 2. The first-order valence-electron chi connectivity index (χ1n) is 3.34. The van der Waals surface area contributed by atoms with Crippen molar-refractivity contribution >= 4 is 5.91 Å². The lowest BCUT2D eigenvalue weighted by molar-refractivity contribution is -0.270. The lowest BCUT2D eigenvalue weighted by Gasteiger charge is -2.19. The van der Waals surface area contributed by atoms with Crippen molar-refractivity contribution in [1.29, 1.82) is 0 Å². The van der Waals surface area contributed by atoms with E-state index in [0.29, 0.717) is 0 Å². The van der Waals surface area contributed by atoms with Crippen LogP contribution in [0.15, 0.2) is 0 Å². The maximum absolute atomic E-state index is 12.1. The molecule has 0 spiro atoms. The molecule has 0 radical (unpaired) electrons. The van der Waals surface area contributed by atoms with Gasteiger partial charge >= 0.3 is 18.0 Å². The Bertz CT molecular complexity index is 198. The Morgan fingerprint density at radius 2 is 1.54 bits per heavy atom.